The molecular weight excluding hydrogens is 262 g/mol. The van der Waals surface area contributed by atoms with Crippen LogP contribution in [0.15, 0.2) is 30.5 Å². The number of methoxy groups -OCH3 is 1. The van der Waals surface area contributed by atoms with E-state index in [-0.39, 0.29) is 0 Å². The van der Waals surface area contributed by atoms with Crippen LogP contribution in [0.4, 0.5) is 5.95 Å². The molecule has 0 aliphatic heterocycles. The van der Waals surface area contributed by atoms with Crippen LogP contribution in [0.25, 0.3) is 0 Å². The molecule has 0 fully saturated rings. The maximum absolute atomic E-state index is 5.89. The van der Waals surface area contributed by atoms with Gasteiger partial charge in [-0.15, -0.1) is 0 Å². The Bertz CT molecular complexity index is 522. The van der Waals surface area contributed by atoms with Crippen molar-refractivity contribution in [1.82, 2.24) is 9.55 Å². The molecule has 0 saturated carbocycles. The Morgan fingerprint density at radius 1 is 1.32 bits per heavy atom. The Morgan fingerprint density at radius 2 is 2.05 bits per heavy atom. The molecule has 5 heteroatoms. The number of halogens is 1. The van der Waals surface area contributed by atoms with E-state index in [4.69, 9.17) is 16.3 Å². The highest BCUT2D eigenvalue weighted by Crippen LogP contribution is 2.14. The molecule has 1 aromatic heterocycles. The highest BCUT2D eigenvalue weighted by Gasteiger charge is 2.05. The Hall–Kier alpha value is -1.52. The van der Waals surface area contributed by atoms with Crippen LogP contribution in [-0.2, 0) is 11.3 Å². The van der Waals surface area contributed by atoms with Gasteiger partial charge in [0, 0.05) is 24.9 Å². The number of imidazole rings is 1. The topological polar surface area (TPSA) is 39.1 Å². The molecule has 0 amide bonds. The fourth-order valence-corrected chi connectivity index (χ4v) is 1.99. The summed E-state index contributed by atoms with van der Waals surface area (Å²) in [6.07, 6.45) is 2.03. The summed E-state index contributed by atoms with van der Waals surface area (Å²) in [5, 5.41) is 4.02. The maximum atomic E-state index is 5.89. The van der Waals surface area contributed by atoms with Gasteiger partial charge in [0.15, 0.2) is 0 Å². The van der Waals surface area contributed by atoms with Crippen LogP contribution in [0.2, 0.25) is 5.02 Å². The second kappa shape index (κ2) is 6.59. The number of aromatic nitrogens is 2. The lowest BCUT2D eigenvalue weighted by Crippen LogP contribution is -2.12. The zero-order valence-electron chi connectivity index (χ0n) is 11.2. The molecule has 19 heavy (non-hydrogen) atoms. The Kier molecular flexibility index (Phi) is 4.82. The molecule has 2 rings (SSSR count). The second-order valence-corrected chi connectivity index (χ2v) is 4.82. The van der Waals surface area contributed by atoms with E-state index in [0.717, 1.165) is 29.8 Å². The van der Waals surface area contributed by atoms with Crippen molar-refractivity contribution in [1.29, 1.82) is 0 Å². The van der Waals surface area contributed by atoms with Crippen molar-refractivity contribution < 1.29 is 4.74 Å². The molecule has 0 radical (unpaired) electrons. The van der Waals surface area contributed by atoms with Gasteiger partial charge in [-0.1, -0.05) is 23.7 Å². The van der Waals surface area contributed by atoms with Gasteiger partial charge in [-0.2, -0.15) is 0 Å². The zero-order chi connectivity index (χ0) is 13.7. The molecule has 0 bridgehead atoms. The molecule has 0 unspecified atom stereocenters. The lowest BCUT2D eigenvalue weighted by Gasteiger charge is -2.09. The minimum Gasteiger partial charge on any atom is -0.383 e. The molecular formula is C14H18ClN3O. The third-order valence-electron chi connectivity index (χ3n) is 2.75. The first-order valence-electron chi connectivity index (χ1n) is 6.20. The number of anilines is 1. The highest BCUT2D eigenvalue weighted by atomic mass is 35.5. The number of nitrogens with one attached hydrogen (secondary N) is 1. The number of benzene rings is 1. The second-order valence-electron chi connectivity index (χ2n) is 4.38. The Balaban J connectivity index is 2.08. The van der Waals surface area contributed by atoms with Crippen molar-refractivity contribution >= 4 is 17.5 Å². The summed E-state index contributed by atoms with van der Waals surface area (Å²) in [5.41, 5.74) is 2.19. The number of ether oxygens (including phenoxy) is 1. The van der Waals surface area contributed by atoms with Gasteiger partial charge in [0.05, 0.1) is 18.8 Å². The molecule has 102 valence electrons. The van der Waals surface area contributed by atoms with E-state index < -0.39 is 0 Å². The van der Waals surface area contributed by atoms with E-state index >= 15 is 0 Å². The normalized spacial score (nSPS) is 10.7. The lowest BCUT2D eigenvalue weighted by molar-refractivity contribution is 0.210. The summed E-state index contributed by atoms with van der Waals surface area (Å²) in [6, 6.07) is 7.85. The third kappa shape index (κ3) is 3.98. The first-order valence-corrected chi connectivity index (χ1v) is 6.58. The Morgan fingerprint density at radius 3 is 2.74 bits per heavy atom. The smallest absolute Gasteiger partial charge is 0.203 e. The summed E-state index contributed by atoms with van der Waals surface area (Å²) in [6.45, 7) is 4.16. The molecule has 1 aromatic carbocycles. The van der Waals surface area contributed by atoms with Crippen molar-refractivity contribution in [2.45, 2.75) is 13.5 Å². The van der Waals surface area contributed by atoms with Gasteiger partial charge >= 0.3 is 0 Å². The van der Waals surface area contributed by atoms with Crippen LogP contribution in [0.1, 0.15) is 11.3 Å². The highest BCUT2D eigenvalue weighted by molar-refractivity contribution is 6.30. The summed E-state index contributed by atoms with van der Waals surface area (Å²) in [4.78, 5) is 4.47. The van der Waals surface area contributed by atoms with Crippen LogP contribution in [0.3, 0.4) is 0 Å². The molecule has 1 heterocycles. The lowest BCUT2D eigenvalue weighted by atomic mass is 10.2. The van der Waals surface area contributed by atoms with Gasteiger partial charge in [-0.05, 0) is 24.6 Å². The van der Waals surface area contributed by atoms with E-state index in [0.29, 0.717) is 6.61 Å². The van der Waals surface area contributed by atoms with Crippen molar-refractivity contribution in [3.8, 4) is 0 Å². The largest absolute Gasteiger partial charge is 0.383 e. The van der Waals surface area contributed by atoms with E-state index in [2.05, 4.69) is 14.9 Å². The number of rotatable bonds is 6. The third-order valence-corrected chi connectivity index (χ3v) is 3.00. The standard InChI is InChI=1S/C14H18ClN3O/c1-11-9-18(14(17-11)16-7-8-19-2)10-12-3-5-13(15)6-4-12/h3-6,9H,7-8,10H2,1-2H3,(H,16,17). The van der Waals surface area contributed by atoms with Crippen molar-refractivity contribution in [2.24, 2.45) is 0 Å². The number of hydrogen-bond donors (Lipinski definition) is 1. The molecule has 0 spiro atoms. The SMILES string of the molecule is COCCNc1nc(C)cn1Cc1ccc(Cl)cc1. The molecule has 0 atom stereocenters. The van der Waals surface area contributed by atoms with Crippen LogP contribution in [0, 0.1) is 6.92 Å². The minimum atomic E-state index is 0.660. The zero-order valence-corrected chi connectivity index (χ0v) is 11.9. The van der Waals surface area contributed by atoms with Gasteiger partial charge in [-0.25, -0.2) is 4.98 Å². The predicted octanol–water partition coefficient (Wildman–Crippen LogP) is 2.95. The first kappa shape index (κ1) is 13.9. The predicted molar refractivity (Wildman–Crippen MR) is 77.9 cm³/mol. The van der Waals surface area contributed by atoms with Crippen LogP contribution in [-0.4, -0.2) is 29.8 Å². The summed E-state index contributed by atoms with van der Waals surface area (Å²) >= 11 is 5.89. The number of hydrogen-bond acceptors (Lipinski definition) is 3. The maximum Gasteiger partial charge on any atom is 0.203 e. The van der Waals surface area contributed by atoms with Gasteiger partial charge in [0.25, 0.3) is 0 Å². The number of nitrogens with zero attached hydrogens (tertiary/aromatic N) is 2. The molecule has 2 aromatic rings. The number of aryl methyl sites for hydroxylation is 1. The van der Waals surface area contributed by atoms with Gasteiger partial charge < -0.3 is 14.6 Å². The summed E-state index contributed by atoms with van der Waals surface area (Å²) in [5.74, 6) is 0.865. The van der Waals surface area contributed by atoms with Crippen molar-refractivity contribution in [3.05, 3.63) is 46.7 Å². The fourth-order valence-electron chi connectivity index (χ4n) is 1.86. The molecule has 0 aliphatic rings. The van der Waals surface area contributed by atoms with Crippen LogP contribution >= 0.6 is 11.6 Å². The van der Waals surface area contributed by atoms with E-state index in [9.17, 15) is 0 Å². The average Bonchev–Trinajstić information content (AvgIpc) is 2.73. The fraction of sp³-hybridized carbons (Fsp3) is 0.357. The van der Waals surface area contributed by atoms with Gasteiger partial charge in [0.2, 0.25) is 5.95 Å². The van der Waals surface area contributed by atoms with Crippen molar-refractivity contribution in [2.75, 3.05) is 25.6 Å². The van der Waals surface area contributed by atoms with E-state index in [1.54, 1.807) is 7.11 Å². The van der Waals surface area contributed by atoms with E-state index in [1.165, 1.54) is 5.56 Å². The van der Waals surface area contributed by atoms with Gasteiger partial charge in [-0.3, -0.25) is 0 Å². The van der Waals surface area contributed by atoms with Gasteiger partial charge in [0.1, 0.15) is 0 Å². The quantitative estimate of drug-likeness (QED) is 0.827. The summed E-state index contributed by atoms with van der Waals surface area (Å²) < 4.78 is 7.12. The van der Waals surface area contributed by atoms with Crippen molar-refractivity contribution in [3.63, 3.8) is 0 Å². The van der Waals surface area contributed by atoms with E-state index in [1.807, 2.05) is 37.4 Å². The first-order chi connectivity index (χ1) is 9.19. The molecule has 1 N–H and O–H groups in total. The molecule has 0 saturated heterocycles. The van der Waals surface area contributed by atoms with Crippen LogP contribution < -0.4 is 5.32 Å². The van der Waals surface area contributed by atoms with Crippen LogP contribution in [0.5, 0.6) is 0 Å². The molecule has 4 nitrogen and oxygen atoms in total. The summed E-state index contributed by atoms with van der Waals surface area (Å²) in [7, 11) is 1.69. The molecule has 0 aliphatic carbocycles. The monoisotopic (exact) mass is 279 g/mol. The average molecular weight is 280 g/mol. The minimum absolute atomic E-state index is 0.660. The Labute approximate surface area is 118 Å².